The fourth-order valence-electron chi connectivity index (χ4n) is 3.60. The fourth-order valence-corrected chi connectivity index (χ4v) is 3.60. The van der Waals surface area contributed by atoms with Gasteiger partial charge >= 0.3 is 6.01 Å². The Bertz CT molecular complexity index is 1320. The quantitative estimate of drug-likeness (QED) is 0.284. The van der Waals surface area contributed by atoms with Crippen LogP contribution in [0.1, 0.15) is 29.8 Å². The van der Waals surface area contributed by atoms with E-state index in [-0.39, 0.29) is 11.9 Å². The average molecular weight is 500 g/mol. The molecule has 1 N–H and O–H groups in total. The number of nitrogens with zero attached hydrogens (tertiary/aromatic N) is 2. The van der Waals surface area contributed by atoms with Gasteiger partial charge in [0.05, 0.1) is 20.3 Å². The minimum Gasteiger partial charge on any atom is -0.497 e. The van der Waals surface area contributed by atoms with Crippen molar-refractivity contribution in [2.45, 2.75) is 20.4 Å². The van der Waals surface area contributed by atoms with Gasteiger partial charge in [-0.25, -0.2) is 9.97 Å². The highest BCUT2D eigenvalue weighted by molar-refractivity contribution is 5.95. The molecule has 0 saturated carbocycles. The molecule has 0 unspecified atom stereocenters. The number of ether oxygens (including phenoxy) is 4. The molecule has 0 aliphatic heterocycles. The summed E-state index contributed by atoms with van der Waals surface area (Å²) >= 11 is 0. The number of amides is 1. The third kappa shape index (κ3) is 6.76. The summed E-state index contributed by atoms with van der Waals surface area (Å²) in [5, 5.41) is 2.96. The Morgan fingerprint density at radius 2 is 1.51 bits per heavy atom. The normalized spacial score (nSPS) is 10.5. The van der Waals surface area contributed by atoms with Gasteiger partial charge in [-0.3, -0.25) is 4.79 Å². The van der Waals surface area contributed by atoms with Crippen LogP contribution in [0, 0.1) is 0 Å². The molecular formula is C29H29N3O5. The number of hydrogen-bond donors (Lipinski definition) is 1. The van der Waals surface area contributed by atoms with E-state index in [4.69, 9.17) is 18.9 Å². The molecule has 8 nitrogen and oxygen atoms in total. The maximum atomic E-state index is 12.9. The summed E-state index contributed by atoms with van der Waals surface area (Å²) in [4.78, 5) is 21.5. The lowest BCUT2D eigenvalue weighted by molar-refractivity contribution is 0.0951. The van der Waals surface area contributed by atoms with Crippen molar-refractivity contribution in [3.63, 3.8) is 0 Å². The van der Waals surface area contributed by atoms with E-state index in [2.05, 4.69) is 15.3 Å². The summed E-state index contributed by atoms with van der Waals surface area (Å²) in [6, 6.07) is 20.4. The Labute approximate surface area is 216 Å². The van der Waals surface area contributed by atoms with Gasteiger partial charge in [-0.15, -0.1) is 0 Å². The fraction of sp³-hybridized carbons (Fsp3) is 0.207. The van der Waals surface area contributed by atoms with Crippen molar-refractivity contribution in [2.75, 3.05) is 20.3 Å². The second-order valence-corrected chi connectivity index (χ2v) is 7.94. The standard InChI is InChI=1S/C29H29N3O5/c1-4-35-26-14-9-20(15-27(26)36-5-2)17-30-28(33)22-8-6-7-21(16-22)23-18-31-29(32-19-23)37-25-12-10-24(34-3)11-13-25/h6-16,18-19H,4-5,17H2,1-3H3,(H,30,33). The largest absolute Gasteiger partial charge is 0.497 e. The monoisotopic (exact) mass is 499 g/mol. The lowest BCUT2D eigenvalue weighted by Crippen LogP contribution is -2.22. The zero-order valence-electron chi connectivity index (χ0n) is 21.1. The zero-order chi connectivity index (χ0) is 26.0. The van der Waals surface area contributed by atoms with Crippen molar-refractivity contribution in [1.29, 1.82) is 0 Å². The molecule has 1 heterocycles. The smallest absolute Gasteiger partial charge is 0.321 e. The minimum atomic E-state index is -0.186. The van der Waals surface area contributed by atoms with E-state index >= 15 is 0 Å². The minimum absolute atomic E-state index is 0.186. The molecule has 1 aromatic heterocycles. The first-order valence-electron chi connectivity index (χ1n) is 12.0. The Kier molecular flexibility index (Phi) is 8.54. The number of nitrogens with one attached hydrogen (secondary N) is 1. The van der Waals surface area contributed by atoms with Crippen LogP contribution in [0.2, 0.25) is 0 Å². The summed E-state index contributed by atoms with van der Waals surface area (Å²) in [5.41, 5.74) is 3.04. The highest BCUT2D eigenvalue weighted by Crippen LogP contribution is 2.29. The number of carbonyl (C=O) groups excluding carboxylic acids is 1. The topological polar surface area (TPSA) is 91.8 Å². The molecule has 0 atom stereocenters. The molecule has 37 heavy (non-hydrogen) atoms. The van der Waals surface area contributed by atoms with E-state index in [9.17, 15) is 4.79 Å². The average Bonchev–Trinajstić information content (AvgIpc) is 2.94. The molecule has 0 fully saturated rings. The van der Waals surface area contributed by atoms with Gasteiger partial charge in [0, 0.05) is 30.1 Å². The third-order valence-corrected chi connectivity index (χ3v) is 5.42. The van der Waals surface area contributed by atoms with Gasteiger partial charge in [-0.2, -0.15) is 0 Å². The predicted octanol–water partition coefficient (Wildman–Crippen LogP) is 5.67. The zero-order valence-corrected chi connectivity index (χ0v) is 21.1. The molecule has 0 aliphatic rings. The highest BCUT2D eigenvalue weighted by Gasteiger charge is 2.11. The van der Waals surface area contributed by atoms with E-state index in [1.165, 1.54) is 0 Å². The summed E-state index contributed by atoms with van der Waals surface area (Å²) in [5.74, 6) is 2.51. The third-order valence-electron chi connectivity index (χ3n) is 5.42. The lowest BCUT2D eigenvalue weighted by Gasteiger charge is -2.13. The second-order valence-electron chi connectivity index (χ2n) is 7.94. The molecule has 0 aliphatic carbocycles. The Balaban J connectivity index is 1.40. The highest BCUT2D eigenvalue weighted by atomic mass is 16.5. The van der Waals surface area contributed by atoms with Crippen LogP contribution >= 0.6 is 0 Å². The van der Waals surface area contributed by atoms with Crippen molar-refractivity contribution >= 4 is 5.91 Å². The Hall–Kier alpha value is -4.59. The van der Waals surface area contributed by atoms with Gasteiger partial charge in [0.1, 0.15) is 11.5 Å². The van der Waals surface area contributed by atoms with Gasteiger partial charge in [-0.05, 0) is 73.5 Å². The van der Waals surface area contributed by atoms with Gasteiger partial charge in [0.2, 0.25) is 0 Å². The van der Waals surface area contributed by atoms with E-state index in [1.807, 2.05) is 50.2 Å². The van der Waals surface area contributed by atoms with Gasteiger partial charge in [0.25, 0.3) is 5.91 Å². The SMILES string of the molecule is CCOc1ccc(CNC(=O)c2cccc(-c3cnc(Oc4ccc(OC)cc4)nc3)c2)cc1OCC. The maximum absolute atomic E-state index is 12.9. The molecule has 0 bridgehead atoms. The number of rotatable bonds is 11. The number of hydrogen-bond acceptors (Lipinski definition) is 7. The number of carbonyl (C=O) groups is 1. The molecule has 1 amide bonds. The van der Waals surface area contributed by atoms with Crippen LogP contribution in [0.4, 0.5) is 0 Å². The molecule has 8 heteroatoms. The molecule has 190 valence electrons. The summed E-state index contributed by atoms with van der Waals surface area (Å²) in [6.07, 6.45) is 3.33. The first-order valence-corrected chi connectivity index (χ1v) is 12.0. The van der Waals surface area contributed by atoms with Crippen molar-refractivity contribution < 1.29 is 23.7 Å². The van der Waals surface area contributed by atoms with Crippen LogP contribution in [0.5, 0.6) is 29.0 Å². The van der Waals surface area contributed by atoms with Crippen LogP contribution in [-0.4, -0.2) is 36.2 Å². The van der Waals surface area contributed by atoms with Crippen LogP contribution in [-0.2, 0) is 6.54 Å². The first kappa shape index (κ1) is 25.5. The van der Waals surface area contributed by atoms with E-state index in [1.54, 1.807) is 49.8 Å². The van der Waals surface area contributed by atoms with Crippen LogP contribution in [0.25, 0.3) is 11.1 Å². The summed E-state index contributed by atoms with van der Waals surface area (Å²) in [7, 11) is 1.61. The maximum Gasteiger partial charge on any atom is 0.321 e. The first-order chi connectivity index (χ1) is 18.1. The van der Waals surface area contributed by atoms with E-state index < -0.39 is 0 Å². The van der Waals surface area contributed by atoms with Gasteiger partial charge in [0.15, 0.2) is 11.5 Å². The van der Waals surface area contributed by atoms with Gasteiger partial charge in [-0.1, -0.05) is 18.2 Å². The summed E-state index contributed by atoms with van der Waals surface area (Å²) < 4.78 is 22.1. The summed E-state index contributed by atoms with van der Waals surface area (Å²) in [6.45, 7) is 5.28. The lowest BCUT2D eigenvalue weighted by atomic mass is 10.1. The molecule has 3 aromatic carbocycles. The van der Waals surface area contributed by atoms with Crippen molar-refractivity contribution in [3.8, 4) is 40.1 Å². The Morgan fingerprint density at radius 3 is 2.22 bits per heavy atom. The van der Waals surface area contributed by atoms with Crippen molar-refractivity contribution in [1.82, 2.24) is 15.3 Å². The van der Waals surface area contributed by atoms with E-state index in [0.717, 1.165) is 22.4 Å². The van der Waals surface area contributed by atoms with Crippen molar-refractivity contribution in [2.24, 2.45) is 0 Å². The van der Waals surface area contributed by atoms with Gasteiger partial charge < -0.3 is 24.3 Å². The molecule has 4 rings (SSSR count). The Morgan fingerprint density at radius 1 is 0.811 bits per heavy atom. The molecule has 0 saturated heterocycles. The molecular weight excluding hydrogens is 470 g/mol. The second kappa shape index (κ2) is 12.4. The number of benzene rings is 3. The molecule has 4 aromatic rings. The number of aromatic nitrogens is 2. The van der Waals surface area contributed by atoms with Crippen LogP contribution in [0.3, 0.4) is 0 Å². The predicted molar refractivity (Wildman–Crippen MR) is 140 cm³/mol. The van der Waals surface area contributed by atoms with E-state index in [0.29, 0.717) is 42.6 Å². The number of methoxy groups -OCH3 is 1. The molecule has 0 spiro atoms. The van der Waals surface area contributed by atoms with Crippen LogP contribution < -0.4 is 24.3 Å². The van der Waals surface area contributed by atoms with Crippen molar-refractivity contribution in [3.05, 3.63) is 90.3 Å². The van der Waals surface area contributed by atoms with Crippen LogP contribution in [0.15, 0.2) is 79.1 Å². The molecule has 0 radical (unpaired) electrons.